The van der Waals surface area contributed by atoms with Crippen molar-refractivity contribution in [2.75, 3.05) is 19.6 Å². The highest BCUT2D eigenvalue weighted by atomic mass is 79.9. The molecular formula is C11H20BrN5O2S. The third kappa shape index (κ3) is 3.21. The lowest BCUT2D eigenvalue weighted by molar-refractivity contribution is 0.318. The first-order valence-corrected chi connectivity index (χ1v) is 8.98. The van der Waals surface area contributed by atoms with Gasteiger partial charge in [0, 0.05) is 26.2 Å². The van der Waals surface area contributed by atoms with Crippen LogP contribution >= 0.6 is 15.9 Å². The molecule has 1 aromatic heterocycles. The van der Waals surface area contributed by atoms with E-state index in [9.17, 15) is 8.42 Å². The van der Waals surface area contributed by atoms with E-state index in [4.69, 9.17) is 0 Å². The highest BCUT2D eigenvalue weighted by molar-refractivity contribution is 9.10. The number of halogens is 1. The number of hydrogen-bond acceptors (Lipinski definition) is 5. The van der Waals surface area contributed by atoms with Gasteiger partial charge in [-0.2, -0.15) is 4.31 Å². The number of aromatic nitrogens is 3. The lowest BCUT2D eigenvalue weighted by Crippen LogP contribution is -2.46. The van der Waals surface area contributed by atoms with Gasteiger partial charge in [-0.15, -0.1) is 5.10 Å². The van der Waals surface area contributed by atoms with Gasteiger partial charge in [0.25, 0.3) is 10.0 Å². The first-order chi connectivity index (χ1) is 9.46. The molecule has 0 aromatic carbocycles. The largest absolute Gasteiger partial charge is 0.313 e. The zero-order valence-electron chi connectivity index (χ0n) is 11.7. The van der Waals surface area contributed by atoms with E-state index in [-0.39, 0.29) is 15.7 Å². The Morgan fingerprint density at radius 3 is 2.75 bits per heavy atom. The molecule has 20 heavy (non-hydrogen) atoms. The van der Waals surface area contributed by atoms with Gasteiger partial charge in [-0.1, -0.05) is 18.6 Å². The Morgan fingerprint density at radius 2 is 2.25 bits per heavy atom. The molecule has 7 nitrogen and oxygen atoms in total. The maximum atomic E-state index is 12.7. The van der Waals surface area contributed by atoms with E-state index in [1.165, 1.54) is 8.99 Å². The molecule has 0 amide bonds. The highest BCUT2D eigenvalue weighted by Gasteiger charge is 2.31. The van der Waals surface area contributed by atoms with Crippen LogP contribution in [0, 0.1) is 0 Å². The van der Waals surface area contributed by atoms with Crippen LogP contribution in [-0.2, 0) is 17.1 Å². The molecule has 0 aliphatic carbocycles. The monoisotopic (exact) mass is 365 g/mol. The molecule has 2 rings (SSSR count). The maximum absolute atomic E-state index is 12.7. The van der Waals surface area contributed by atoms with Crippen molar-refractivity contribution in [3.05, 3.63) is 4.60 Å². The Kier molecular flexibility index (Phi) is 5.16. The van der Waals surface area contributed by atoms with Gasteiger partial charge >= 0.3 is 0 Å². The van der Waals surface area contributed by atoms with Crippen LogP contribution in [0.25, 0.3) is 0 Å². The summed E-state index contributed by atoms with van der Waals surface area (Å²) in [7, 11) is -2.00. The summed E-state index contributed by atoms with van der Waals surface area (Å²) >= 11 is 3.16. The standard InChI is InChI=1S/C11H20BrN5O2S/c1-3-17(8-9-6-4-5-7-13-9)20(18,19)11-10(12)14-15-16(11)2/h9,13H,3-8H2,1-2H3. The summed E-state index contributed by atoms with van der Waals surface area (Å²) in [6.07, 6.45) is 3.32. The van der Waals surface area contributed by atoms with Crippen molar-refractivity contribution in [3.8, 4) is 0 Å². The molecule has 1 saturated heterocycles. The quantitative estimate of drug-likeness (QED) is 0.831. The van der Waals surface area contributed by atoms with Crippen LogP contribution in [0.3, 0.4) is 0 Å². The first kappa shape index (κ1) is 15.9. The third-order valence-corrected chi connectivity index (χ3v) is 6.34. The zero-order chi connectivity index (χ0) is 14.8. The van der Waals surface area contributed by atoms with Crippen molar-refractivity contribution < 1.29 is 8.42 Å². The number of rotatable bonds is 5. The molecule has 1 unspecified atom stereocenters. The van der Waals surface area contributed by atoms with Gasteiger partial charge in [0.2, 0.25) is 5.03 Å². The lowest BCUT2D eigenvalue weighted by Gasteiger charge is -2.29. The Labute approximate surface area is 127 Å². The summed E-state index contributed by atoms with van der Waals surface area (Å²) in [4.78, 5) is 0. The Hall–Kier alpha value is -0.510. The van der Waals surface area contributed by atoms with Gasteiger partial charge in [-0.3, -0.25) is 0 Å². The third-order valence-electron chi connectivity index (χ3n) is 3.51. The average molecular weight is 366 g/mol. The van der Waals surface area contributed by atoms with E-state index < -0.39 is 10.0 Å². The molecule has 2 heterocycles. The van der Waals surface area contributed by atoms with Crippen molar-refractivity contribution in [1.29, 1.82) is 0 Å². The van der Waals surface area contributed by atoms with Crippen molar-refractivity contribution in [2.45, 2.75) is 37.3 Å². The number of nitrogens with zero attached hydrogens (tertiary/aromatic N) is 4. The van der Waals surface area contributed by atoms with Crippen molar-refractivity contribution in [2.24, 2.45) is 7.05 Å². The molecule has 0 bridgehead atoms. The molecule has 114 valence electrons. The zero-order valence-corrected chi connectivity index (χ0v) is 14.1. The second kappa shape index (κ2) is 6.50. The normalized spacial score (nSPS) is 20.5. The Bertz CT molecular complexity index is 534. The fraction of sp³-hybridized carbons (Fsp3) is 0.818. The first-order valence-electron chi connectivity index (χ1n) is 6.75. The summed E-state index contributed by atoms with van der Waals surface area (Å²) in [6, 6.07) is 0.221. The van der Waals surface area contributed by atoms with Crippen molar-refractivity contribution >= 4 is 26.0 Å². The molecule has 1 N–H and O–H groups in total. The topological polar surface area (TPSA) is 80.1 Å². The minimum atomic E-state index is -3.58. The molecule has 1 aromatic rings. The van der Waals surface area contributed by atoms with Crippen LogP contribution in [0.15, 0.2) is 9.63 Å². The average Bonchev–Trinajstić information content (AvgIpc) is 2.77. The van der Waals surface area contributed by atoms with Crippen LogP contribution < -0.4 is 5.32 Å². The second-order valence-electron chi connectivity index (χ2n) is 4.91. The van der Waals surface area contributed by atoms with Crippen LogP contribution in [0.5, 0.6) is 0 Å². The number of aryl methyl sites for hydroxylation is 1. The van der Waals surface area contributed by atoms with Crippen molar-refractivity contribution in [3.63, 3.8) is 0 Å². The number of likely N-dealkylation sites (N-methyl/N-ethyl adjacent to an activating group) is 1. The predicted molar refractivity (Wildman–Crippen MR) is 78.8 cm³/mol. The molecule has 1 aliphatic heterocycles. The van der Waals surface area contributed by atoms with Gasteiger partial charge in [0.15, 0.2) is 4.60 Å². The van der Waals surface area contributed by atoms with Crippen LogP contribution in [0.1, 0.15) is 26.2 Å². The highest BCUT2D eigenvalue weighted by Crippen LogP contribution is 2.23. The lowest BCUT2D eigenvalue weighted by atomic mass is 10.1. The van der Waals surface area contributed by atoms with Crippen LogP contribution in [0.2, 0.25) is 0 Å². The van der Waals surface area contributed by atoms with Gasteiger partial charge in [0.05, 0.1) is 0 Å². The van der Waals surface area contributed by atoms with Gasteiger partial charge in [0.1, 0.15) is 0 Å². The SMILES string of the molecule is CCN(CC1CCCCN1)S(=O)(=O)c1c(Br)nnn1C. The van der Waals surface area contributed by atoms with E-state index >= 15 is 0 Å². The molecule has 1 fully saturated rings. The molecule has 0 spiro atoms. The molecular weight excluding hydrogens is 346 g/mol. The summed E-state index contributed by atoms with van der Waals surface area (Å²) in [5.74, 6) is 0. The molecule has 0 saturated carbocycles. The summed E-state index contributed by atoms with van der Waals surface area (Å²) < 4.78 is 28.4. The second-order valence-corrected chi connectivity index (χ2v) is 7.52. The van der Waals surface area contributed by atoms with E-state index in [1.807, 2.05) is 6.92 Å². The fourth-order valence-electron chi connectivity index (χ4n) is 2.44. The number of hydrogen-bond donors (Lipinski definition) is 1. The number of nitrogens with one attached hydrogen (secondary N) is 1. The maximum Gasteiger partial charge on any atom is 0.263 e. The minimum absolute atomic E-state index is 0.107. The van der Waals surface area contributed by atoms with Gasteiger partial charge in [-0.25, -0.2) is 13.1 Å². The van der Waals surface area contributed by atoms with E-state index in [0.29, 0.717) is 13.1 Å². The van der Waals surface area contributed by atoms with Crippen molar-refractivity contribution in [1.82, 2.24) is 24.6 Å². The summed E-state index contributed by atoms with van der Waals surface area (Å²) in [5, 5.41) is 11.0. The summed E-state index contributed by atoms with van der Waals surface area (Å²) in [6.45, 7) is 3.71. The fourth-order valence-corrected chi connectivity index (χ4v) is 4.97. The Morgan fingerprint density at radius 1 is 1.50 bits per heavy atom. The number of sulfonamides is 1. The minimum Gasteiger partial charge on any atom is -0.313 e. The number of piperidine rings is 1. The summed E-state index contributed by atoms with van der Waals surface area (Å²) in [5.41, 5.74) is 0. The van der Waals surface area contributed by atoms with Gasteiger partial charge < -0.3 is 5.32 Å². The molecule has 0 radical (unpaired) electrons. The molecule has 1 atom stereocenters. The smallest absolute Gasteiger partial charge is 0.263 e. The molecule has 1 aliphatic rings. The predicted octanol–water partition coefficient (Wildman–Crippen LogP) is 0.730. The van der Waals surface area contributed by atoms with Crippen LogP contribution in [-0.4, -0.2) is 53.4 Å². The Balaban J connectivity index is 2.21. The van der Waals surface area contributed by atoms with Gasteiger partial charge in [-0.05, 0) is 35.3 Å². The molecule has 9 heteroatoms. The van der Waals surface area contributed by atoms with E-state index in [2.05, 4.69) is 31.6 Å². The van der Waals surface area contributed by atoms with E-state index in [0.717, 1.165) is 25.8 Å². The van der Waals surface area contributed by atoms with Crippen LogP contribution in [0.4, 0.5) is 0 Å². The van der Waals surface area contributed by atoms with E-state index in [1.54, 1.807) is 7.05 Å².